The van der Waals surface area contributed by atoms with E-state index in [1.165, 1.54) is 0 Å². The van der Waals surface area contributed by atoms with Gasteiger partial charge in [-0.05, 0) is 41.5 Å². The van der Waals surface area contributed by atoms with Gasteiger partial charge in [-0.25, -0.2) is 0 Å². The van der Waals surface area contributed by atoms with E-state index in [2.05, 4.69) is 5.32 Å². The number of rotatable bonds is 5. The first-order valence-electron chi connectivity index (χ1n) is 6.77. The van der Waals surface area contributed by atoms with Crippen molar-refractivity contribution in [1.82, 2.24) is 5.32 Å². The van der Waals surface area contributed by atoms with Crippen LogP contribution in [0, 0.1) is 0 Å². The average molecular weight is 302 g/mol. The van der Waals surface area contributed by atoms with Crippen molar-refractivity contribution in [3.05, 3.63) is 0 Å². The van der Waals surface area contributed by atoms with Gasteiger partial charge in [-0.3, -0.25) is 14.4 Å². The highest BCUT2D eigenvalue weighted by Gasteiger charge is 2.23. The van der Waals surface area contributed by atoms with E-state index in [9.17, 15) is 14.4 Å². The average Bonchev–Trinajstić information content (AvgIpc) is 2.20. The van der Waals surface area contributed by atoms with Crippen LogP contribution in [0.1, 0.15) is 48.0 Å². The van der Waals surface area contributed by atoms with Gasteiger partial charge in [-0.2, -0.15) is 0 Å². The van der Waals surface area contributed by atoms with Crippen LogP contribution in [-0.2, 0) is 23.9 Å². The largest absolute Gasteiger partial charge is 0.460 e. The predicted molar refractivity (Wildman–Crippen MR) is 77.3 cm³/mol. The van der Waals surface area contributed by atoms with Gasteiger partial charge >= 0.3 is 11.9 Å². The summed E-state index contributed by atoms with van der Waals surface area (Å²) in [6.45, 7) is 10.0. The molecule has 0 aliphatic carbocycles. The second-order valence-electron chi connectivity index (χ2n) is 6.70. The standard InChI is InChI=1S/C14H26N2O5/c1-13(2,3)20-10(17)7-9(15)12(19)16-8-11(18)21-14(4,5)6/h9H,7-8,15H2,1-6H3,(H,16,19)/t9-/m0/s1. The molecule has 0 aliphatic heterocycles. The minimum absolute atomic E-state index is 0.253. The third kappa shape index (κ3) is 10.8. The van der Waals surface area contributed by atoms with Gasteiger partial charge in [0, 0.05) is 0 Å². The summed E-state index contributed by atoms with van der Waals surface area (Å²) in [5.74, 6) is -1.74. The van der Waals surface area contributed by atoms with Gasteiger partial charge in [0.25, 0.3) is 0 Å². The zero-order chi connectivity index (χ0) is 16.8. The lowest BCUT2D eigenvalue weighted by molar-refractivity contribution is -0.156. The topological polar surface area (TPSA) is 108 Å². The molecular weight excluding hydrogens is 276 g/mol. The van der Waals surface area contributed by atoms with Crippen molar-refractivity contribution in [1.29, 1.82) is 0 Å². The molecule has 0 aromatic rings. The number of esters is 2. The van der Waals surface area contributed by atoms with Crippen LogP contribution in [-0.4, -0.2) is 41.6 Å². The molecule has 0 rings (SSSR count). The van der Waals surface area contributed by atoms with Crippen LogP contribution in [0.25, 0.3) is 0 Å². The Balaban J connectivity index is 4.17. The van der Waals surface area contributed by atoms with Gasteiger partial charge in [-0.1, -0.05) is 0 Å². The Labute approximate surface area is 125 Å². The summed E-state index contributed by atoms with van der Waals surface area (Å²) < 4.78 is 10.1. The minimum atomic E-state index is -1.07. The van der Waals surface area contributed by atoms with Crippen molar-refractivity contribution in [2.45, 2.75) is 65.2 Å². The van der Waals surface area contributed by atoms with Gasteiger partial charge in [0.15, 0.2) is 0 Å². The molecule has 0 saturated carbocycles. The molecule has 0 aromatic heterocycles. The summed E-state index contributed by atoms with van der Waals surface area (Å²) in [5.41, 5.74) is 4.33. The third-order valence-corrected chi connectivity index (χ3v) is 1.97. The van der Waals surface area contributed by atoms with Gasteiger partial charge in [0.05, 0.1) is 12.5 Å². The maximum absolute atomic E-state index is 11.7. The molecule has 0 aromatic carbocycles. The van der Waals surface area contributed by atoms with E-state index in [0.29, 0.717) is 0 Å². The molecule has 21 heavy (non-hydrogen) atoms. The van der Waals surface area contributed by atoms with Crippen molar-refractivity contribution >= 4 is 17.8 Å². The first kappa shape index (κ1) is 19.4. The second-order valence-corrected chi connectivity index (χ2v) is 6.70. The smallest absolute Gasteiger partial charge is 0.325 e. The van der Waals surface area contributed by atoms with Crippen LogP contribution in [0.4, 0.5) is 0 Å². The van der Waals surface area contributed by atoms with Gasteiger partial charge in [0.1, 0.15) is 17.7 Å². The van der Waals surface area contributed by atoms with E-state index in [4.69, 9.17) is 15.2 Å². The Morgan fingerprint density at radius 1 is 0.952 bits per heavy atom. The molecule has 1 atom stereocenters. The number of nitrogens with two attached hydrogens (primary N) is 1. The van der Waals surface area contributed by atoms with Gasteiger partial charge in [0.2, 0.25) is 5.91 Å². The van der Waals surface area contributed by atoms with E-state index in [0.717, 1.165) is 0 Å². The van der Waals surface area contributed by atoms with Crippen molar-refractivity contribution in [2.75, 3.05) is 6.54 Å². The maximum atomic E-state index is 11.7. The monoisotopic (exact) mass is 302 g/mol. The normalized spacial score (nSPS) is 13.3. The lowest BCUT2D eigenvalue weighted by Gasteiger charge is -2.21. The molecule has 0 unspecified atom stereocenters. The summed E-state index contributed by atoms with van der Waals surface area (Å²) in [4.78, 5) is 34.6. The zero-order valence-corrected chi connectivity index (χ0v) is 13.6. The van der Waals surface area contributed by atoms with Crippen LogP contribution in [0.5, 0.6) is 0 Å². The Morgan fingerprint density at radius 2 is 1.38 bits per heavy atom. The first-order valence-corrected chi connectivity index (χ1v) is 6.77. The van der Waals surface area contributed by atoms with E-state index in [1.807, 2.05) is 0 Å². The highest BCUT2D eigenvalue weighted by molar-refractivity contribution is 5.88. The SMILES string of the molecule is CC(C)(C)OC(=O)CNC(=O)[C@@H](N)CC(=O)OC(C)(C)C. The molecule has 0 saturated heterocycles. The fraction of sp³-hybridized carbons (Fsp3) is 0.786. The number of nitrogens with one attached hydrogen (secondary N) is 1. The number of hydrogen-bond acceptors (Lipinski definition) is 6. The highest BCUT2D eigenvalue weighted by Crippen LogP contribution is 2.09. The molecule has 0 bridgehead atoms. The second kappa shape index (κ2) is 7.40. The molecule has 122 valence electrons. The molecule has 7 nitrogen and oxygen atoms in total. The summed E-state index contributed by atoms with van der Waals surface area (Å²) in [7, 11) is 0. The molecule has 0 aliphatic rings. The van der Waals surface area contributed by atoms with Crippen LogP contribution in [0.3, 0.4) is 0 Å². The summed E-state index contributed by atoms with van der Waals surface area (Å²) in [6.07, 6.45) is -0.253. The summed E-state index contributed by atoms with van der Waals surface area (Å²) in [6, 6.07) is -1.07. The Morgan fingerprint density at radius 3 is 1.81 bits per heavy atom. The Hall–Kier alpha value is -1.63. The molecule has 0 radical (unpaired) electrons. The lowest BCUT2D eigenvalue weighted by atomic mass is 10.1. The maximum Gasteiger partial charge on any atom is 0.325 e. The number of ether oxygens (including phenoxy) is 2. The highest BCUT2D eigenvalue weighted by atomic mass is 16.6. The molecule has 0 heterocycles. The van der Waals surface area contributed by atoms with Crippen LogP contribution >= 0.6 is 0 Å². The minimum Gasteiger partial charge on any atom is -0.460 e. The molecule has 0 fully saturated rings. The van der Waals surface area contributed by atoms with E-state index < -0.39 is 35.1 Å². The van der Waals surface area contributed by atoms with E-state index >= 15 is 0 Å². The molecule has 1 amide bonds. The van der Waals surface area contributed by atoms with Crippen molar-refractivity contribution < 1.29 is 23.9 Å². The summed E-state index contributed by atoms with van der Waals surface area (Å²) >= 11 is 0. The molecule has 3 N–H and O–H groups in total. The number of carbonyl (C=O) groups excluding carboxylic acids is 3. The van der Waals surface area contributed by atoms with Crippen LogP contribution in [0.15, 0.2) is 0 Å². The predicted octanol–water partition coefficient (Wildman–Crippen LogP) is 0.503. The first-order chi connectivity index (χ1) is 9.30. The fourth-order valence-electron chi connectivity index (χ4n) is 1.32. The molecule has 0 spiro atoms. The lowest BCUT2D eigenvalue weighted by Crippen LogP contribution is -2.45. The van der Waals surface area contributed by atoms with Gasteiger partial charge in [-0.15, -0.1) is 0 Å². The van der Waals surface area contributed by atoms with Gasteiger partial charge < -0.3 is 20.5 Å². The number of hydrogen-bond donors (Lipinski definition) is 2. The van der Waals surface area contributed by atoms with E-state index in [-0.39, 0.29) is 13.0 Å². The molecule has 7 heteroatoms. The number of carbonyl (C=O) groups is 3. The fourth-order valence-corrected chi connectivity index (χ4v) is 1.32. The Bertz CT molecular complexity index is 393. The summed E-state index contributed by atoms with van der Waals surface area (Å²) in [5, 5.41) is 2.33. The number of amides is 1. The van der Waals surface area contributed by atoms with Crippen LogP contribution < -0.4 is 11.1 Å². The quantitative estimate of drug-likeness (QED) is 0.716. The van der Waals surface area contributed by atoms with Crippen LogP contribution in [0.2, 0.25) is 0 Å². The third-order valence-electron chi connectivity index (χ3n) is 1.97. The van der Waals surface area contributed by atoms with Crippen molar-refractivity contribution in [3.8, 4) is 0 Å². The Kier molecular flexibility index (Phi) is 6.82. The van der Waals surface area contributed by atoms with Crippen molar-refractivity contribution in [2.24, 2.45) is 5.73 Å². The molecular formula is C14H26N2O5. The van der Waals surface area contributed by atoms with E-state index in [1.54, 1.807) is 41.5 Å². The van der Waals surface area contributed by atoms with Crippen molar-refractivity contribution in [3.63, 3.8) is 0 Å². The zero-order valence-electron chi connectivity index (χ0n) is 13.6.